The molecule has 0 spiro atoms. The molecule has 3 aromatic rings. The summed E-state index contributed by atoms with van der Waals surface area (Å²) in [6.07, 6.45) is 3.75. The first-order chi connectivity index (χ1) is 18.4. The Morgan fingerprint density at radius 3 is 2.64 bits per heavy atom. The molecule has 1 saturated carbocycles. The van der Waals surface area contributed by atoms with Gasteiger partial charge in [-0.1, -0.05) is 38.4 Å². The van der Waals surface area contributed by atoms with E-state index in [9.17, 15) is 9.65 Å². The lowest BCUT2D eigenvalue weighted by atomic mass is 9.96. The zero-order valence-electron chi connectivity index (χ0n) is 23.1. The van der Waals surface area contributed by atoms with Crippen molar-refractivity contribution in [2.75, 3.05) is 17.2 Å². The smallest absolute Gasteiger partial charge is 0.213 e. The number of nitrogens with zero attached hydrogens (tertiary/aromatic N) is 4. The second-order valence-electron chi connectivity index (χ2n) is 11.9. The Kier molecular flexibility index (Phi) is 6.81. The first-order valence-corrected chi connectivity index (χ1v) is 13.5. The molecule has 1 atom stereocenters. The highest BCUT2D eigenvalue weighted by atomic mass is 35.5. The van der Waals surface area contributed by atoms with Crippen molar-refractivity contribution < 1.29 is 4.39 Å². The number of fused-ring (bicyclic) bond motifs is 1. The van der Waals surface area contributed by atoms with Crippen molar-refractivity contribution in [3.8, 4) is 6.07 Å². The molecule has 204 valence electrons. The number of rotatable bonds is 7. The second-order valence-corrected chi connectivity index (χ2v) is 12.3. The van der Waals surface area contributed by atoms with Crippen LogP contribution in [0.25, 0.3) is 10.9 Å². The van der Waals surface area contributed by atoms with Crippen molar-refractivity contribution in [1.82, 2.24) is 25.9 Å². The molecule has 0 bridgehead atoms. The molecule has 8 nitrogen and oxygen atoms in total. The zero-order valence-corrected chi connectivity index (χ0v) is 23.9. The van der Waals surface area contributed by atoms with E-state index in [1.54, 1.807) is 19.2 Å². The van der Waals surface area contributed by atoms with E-state index in [4.69, 9.17) is 11.6 Å². The van der Waals surface area contributed by atoms with Gasteiger partial charge in [-0.2, -0.15) is 9.65 Å². The minimum Gasteiger partial charge on any atom is -0.383 e. The Bertz CT molecular complexity index is 1520. The first kappa shape index (κ1) is 27.0. The molecule has 0 radical (unpaired) electrons. The lowest BCUT2D eigenvalue weighted by molar-refractivity contribution is 0.173. The van der Waals surface area contributed by atoms with Gasteiger partial charge in [0.05, 0.1) is 44.8 Å². The van der Waals surface area contributed by atoms with E-state index in [2.05, 4.69) is 77.3 Å². The Labute approximate surface area is 233 Å². The van der Waals surface area contributed by atoms with Crippen LogP contribution in [0.2, 0.25) is 5.02 Å². The van der Waals surface area contributed by atoms with Gasteiger partial charge in [0.25, 0.3) is 0 Å². The Balaban J connectivity index is 1.61. The maximum Gasteiger partial charge on any atom is 0.213 e. The summed E-state index contributed by atoms with van der Waals surface area (Å²) in [5.41, 5.74) is 12.6. The maximum atomic E-state index is 14.0. The van der Waals surface area contributed by atoms with Gasteiger partial charge in [-0.15, -0.1) is 5.53 Å². The number of pyridine rings is 2. The third kappa shape index (κ3) is 5.32. The lowest BCUT2D eigenvalue weighted by Gasteiger charge is -2.26. The molecule has 4 N–H and O–H groups in total. The molecule has 39 heavy (non-hydrogen) atoms. The van der Waals surface area contributed by atoms with Crippen LogP contribution in [0.3, 0.4) is 0 Å². The highest BCUT2D eigenvalue weighted by Gasteiger charge is 2.47. The van der Waals surface area contributed by atoms with Crippen LogP contribution in [0.4, 0.5) is 15.8 Å². The SMILES string of the molecule is CC1=C([C@@H](Nc2cc(Cl)c3ncc(C#N)c(NCC(C)(C)C)c3c2)c2ccc(F)nc2C)NNN1C1(C)CC1. The number of halogens is 2. The third-order valence-electron chi connectivity index (χ3n) is 7.39. The minimum atomic E-state index is -0.524. The standard InChI is InChI=1S/C29H34ClFN8/c1-16-20(7-8-23(31)35-16)27(24-17(2)39(38-37-24)29(6)9-10-29)36-19-11-21-25(34-15-28(3,4)5)18(13-32)14-33-26(21)22(30)12-19/h7-8,11-12,14,27,36-38H,9-10,15H2,1-6H3,(H,33,34)/t27-/m0/s1. The lowest BCUT2D eigenvalue weighted by Crippen LogP contribution is -2.44. The Morgan fingerprint density at radius 2 is 2.00 bits per heavy atom. The average molecular weight is 549 g/mol. The summed E-state index contributed by atoms with van der Waals surface area (Å²) in [6.45, 7) is 13.1. The summed E-state index contributed by atoms with van der Waals surface area (Å²) >= 11 is 6.76. The fourth-order valence-corrected chi connectivity index (χ4v) is 5.19. The van der Waals surface area contributed by atoms with Gasteiger partial charge in [0.2, 0.25) is 5.95 Å². The number of hydrogen-bond donors (Lipinski definition) is 4. The van der Waals surface area contributed by atoms with Crippen LogP contribution in [0.1, 0.15) is 70.3 Å². The van der Waals surface area contributed by atoms with Crippen molar-refractivity contribution in [2.24, 2.45) is 5.41 Å². The molecule has 1 aliphatic heterocycles. The number of allylic oxidation sites excluding steroid dienone is 1. The van der Waals surface area contributed by atoms with Gasteiger partial charge in [-0.25, -0.2) is 4.98 Å². The highest BCUT2D eigenvalue weighted by Crippen LogP contribution is 2.45. The van der Waals surface area contributed by atoms with Gasteiger partial charge >= 0.3 is 0 Å². The number of benzene rings is 1. The molecule has 10 heteroatoms. The number of nitriles is 1. The summed E-state index contributed by atoms with van der Waals surface area (Å²) in [7, 11) is 0. The van der Waals surface area contributed by atoms with Crippen LogP contribution in [0, 0.1) is 29.6 Å². The van der Waals surface area contributed by atoms with Crippen LogP contribution >= 0.6 is 11.6 Å². The van der Waals surface area contributed by atoms with Gasteiger partial charge in [-0.05, 0) is 57.2 Å². The quantitative estimate of drug-likeness (QED) is 0.254. The second kappa shape index (κ2) is 9.85. The van der Waals surface area contributed by atoms with Gasteiger partial charge < -0.3 is 16.1 Å². The molecule has 2 aromatic heterocycles. The predicted octanol–water partition coefficient (Wildman–Crippen LogP) is 6.32. The number of aryl methyl sites for hydroxylation is 1. The molecule has 3 heterocycles. The summed E-state index contributed by atoms with van der Waals surface area (Å²) in [5.74, 6) is -0.524. The number of nitrogens with one attached hydrogen (secondary N) is 4. The van der Waals surface area contributed by atoms with Gasteiger partial charge in [0, 0.05) is 35.1 Å². The van der Waals surface area contributed by atoms with Crippen LogP contribution in [0.15, 0.2) is 41.9 Å². The van der Waals surface area contributed by atoms with Gasteiger partial charge in [0.1, 0.15) is 6.07 Å². The van der Waals surface area contributed by atoms with Crippen LogP contribution in [-0.2, 0) is 0 Å². The van der Waals surface area contributed by atoms with E-state index in [1.807, 2.05) is 12.1 Å². The highest BCUT2D eigenvalue weighted by molar-refractivity contribution is 6.35. The molecule has 1 fully saturated rings. The summed E-state index contributed by atoms with van der Waals surface area (Å²) in [4.78, 5) is 8.57. The van der Waals surface area contributed by atoms with E-state index < -0.39 is 5.95 Å². The number of aromatic nitrogens is 2. The van der Waals surface area contributed by atoms with Crippen molar-refractivity contribution in [3.05, 3.63) is 69.6 Å². The summed E-state index contributed by atoms with van der Waals surface area (Å²) < 4.78 is 14.0. The van der Waals surface area contributed by atoms with Crippen molar-refractivity contribution in [2.45, 2.75) is 66.0 Å². The van der Waals surface area contributed by atoms with E-state index in [0.717, 1.165) is 40.9 Å². The summed E-state index contributed by atoms with van der Waals surface area (Å²) in [5, 5.41) is 20.3. The molecule has 5 rings (SSSR count). The van der Waals surface area contributed by atoms with E-state index in [0.29, 0.717) is 34.0 Å². The van der Waals surface area contributed by atoms with Crippen LogP contribution in [-0.4, -0.2) is 27.1 Å². The molecule has 0 saturated heterocycles. The largest absolute Gasteiger partial charge is 0.383 e. The maximum absolute atomic E-state index is 14.0. The molecular weight excluding hydrogens is 515 g/mol. The van der Waals surface area contributed by atoms with Crippen molar-refractivity contribution in [3.63, 3.8) is 0 Å². The average Bonchev–Trinajstić information content (AvgIpc) is 3.49. The van der Waals surface area contributed by atoms with E-state index in [1.165, 1.54) is 6.07 Å². The number of anilines is 2. The molecular formula is C29H34ClFN8. The van der Waals surface area contributed by atoms with Crippen LogP contribution in [0.5, 0.6) is 0 Å². The zero-order chi connectivity index (χ0) is 28.1. The van der Waals surface area contributed by atoms with Gasteiger partial charge in [-0.3, -0.25) is 9.99 Å². The van der Waals surface area contributed by atoms with Crippen LogP contribution < -0.4 is 21.6 Å². The van der Waals surface area contributed by atoms with Gasteiger partial charge in [0.15, 0.2) is 0 Å². The first-order valence-electron chi connectivity index (χ1n) is 13.1. The fraction of sp³-hybridized carbons (Fsp3) is 0.414. The summed E-state index contributed by atoms with van der Waals surface area (Å²) in [6, 6.07) is 8.79. The number of hydrazine groups is 2. The predicted molar refractivity (Wildman–Crippen MR) is 153 cm³/mol. The third-order valence-corrected chi connectivity index (χ3v) is 7.67. The number of hydrogen-bond acceptors (Lipinski definition) is 8. The van der Waals surface area contributed by atoms with Crippen molar-refractivity contribution >= 4 is 33.9 Å². The molecule has 1 aromatic carbocycles. The van der Waals surface area contributed by atoms with E-state index >= 15 is 0 Å². The molecule has 1 aliphatic carbocycles. The monoisotopic (exact) mass is 548 g/mol. The Morgan fingerprint density at radius 1 is 1.26 bits per heavy atom. The molecule has 2 aliphatic rings. The molecule has 0 amide bonds. The topological polar surface area (TPSA) is 101 Å². The fourth-order valence-electron chi connectivity index (χ4n) is 4.93. The minimum absolute atomic E-state index is 0.00457. The van der Waals surface area contributed by atoms with Crippen molar-refractivity contribution in [1.29, 1.82) is 5.26 Å². The Hall–Kier alpha value is -3.61. The molecule has 0 unspecified atom stereocenters. The van der Waals surface area contributed by atoms with E-state index in [-0.39, 0.29) is 17.0 Å². The normalized spacial score (nSPS) is 17.2.